The largest absolute Gasteiger partial charge is 1.00 e. The molecule has 0 heterocycles. The minimum Gasteiger partial charge on any atom is -1.00 e. The van der Waals surface area contributed by atoms with Crippen LogP contribution in [0.3, 0.4) is 0 Å². The third kappa shape index (κ3) is 5.12. The second kappa shape index (κ2) is 5.95. The first-order valence-corrected chi connectivity index (χ1v) is 5.02. The van der Waals surface area contributed by atoms with E-state index in [0.29, 0.717) is 16.6 Å². The van der Waals surface area contributed by atoms with Gasteiger partial charge in [-0.1, -0.05) is 12.1 Å². The molecule has 0 fully saturated rings. The summed E-state index contributed by atoms with van der Waals surface area (Å²) in [6.45, 7) is 0.515. The summed E-state index contributed by atoms with van der Waals surface area (Å²) in [5.41, 5.74) is 0.597. The monoisotopic (exact) mass is 260 g/mol. The summed E-state index contributed by atoms with van der Waals surface area (Å²) >= 11 is 0. The maximum Gasteiger partial charge on any atom is 0.269 e. The third-order valence-electron chi connectivity index (χ3n) is 2.19. The van der Waals surface area contributed by atoms with Crippen LogP contribution in [-0.2, 0) is 0 Å². The third-order valence-corrected chi connectivity index (χ3v) is 2.19. The summed E-state index contributed by atoms with van der Waals surface area (Å²) in [5, 5.41) is 20.5. The molecule has 6 heteroatoms. The molecule has 1 aromatic rings. The minimum absolute atomic E-state index is 0. The fraction of sp³-hybridized carbons (Fsp3) is 0.455. The lowest BCUT2D eigenvalue weighted by Crippen LogP contribution is -3.00. The molecule has 0 amide bonds. The number of benzene rings is 1. The Balaban J connectivity index is 0.00000256. The number of non-ortho nitro benzene ring substituents is 1. The van der Waals surface area contributed by atoms with Crippen LogP contribution in [0.25, 0.3) is 0 Å². The van der Waals surface area contributed by atoms with Crippen molar-refractivity contribution in [1.82, 2.24) is 0 Å². The number of nitro groups is 1. The van der Waals surface area contributed by atoms with E-state index < -0.39 is 11.0 Å². The smallest absolute Gasteiger partial charge is 0.269 e. The molecule has 0 aromatic heterocycles. The Morgan fingerprint density at radius 2 is 2.00 bits per heavy atom. The van der Waals surface area contributed by atoms with Gasteiger partial charge in [-0.3, -0.25) is 10.1 Å². The Morgan fingerprint density at radius 3 is 2.47 bits per heavy atom. The van der Waals surface area contributed by atoms with Gasteiger partial charge in [0.1, 0.15) is 12.6 Å². The molecular weight excluding hydrogens is 244 g/mol. The summed E-state index contributed by atoms with van der Waals surface area (Å²) < 4.78 is 0.601. The van der Waals surface area contributed by atoms with Crippen molar-refractivity contribution >= 4 is 5.69 Å². The number of nitro benzene ring substituents is 1. The van der Waals surface area contributed by atoms with Gasteiger partial charge in [-0.05, 0) is 5.56 Å². The Labute approximate surface area is 107 Å². The lowest BCUT2D eigenvalue weighted by molar-refractivity contribution is -0.874. The molecular formula is C11H17ClN2O3. The zero-order chi connectivity index (χ0) is 12.3. The summed E-state index contributed by atoms with van der Waals surface area (Å²) in [5.74, 6) is 0. The molecule has 5 nitrogen and oxygen atoms in total. The molecule has 17 heavy (non-hydrogen) atoms. The van der Waals surface area contributed by atoms with E-state index in [0.717, 1.165) is 0 Å². The number of rotatable bonds is 4. The topological polar surface area (TPSA) is 63.4 Å². The Bertz CT molecular complexity index is 391. The van der Waals surface area contributed by atoms with Gasteiger partial charge in [0.2, 0.25) is 0 Å². The van der Waals surface area contributed by atoms with E-state index >= 15 is 0 Å². The molecule has 1 rings (SSSR count). The molecule has 1 unspecified atom stereocenters. The van der Waals surface area contributed by atoms with Gasteiger partial charge in [-0.25, -0.2) is 0 Å². The van der Waals surface area contributed by atoms with Crippen molar-refractivity contribution in [3.8, 4) is 0 Å². The van der Waals surface area contributed by atoms with Crippen LogP contribution in [-0.4, -0.2) is 42.2 Å². The standard InChI is InChI=1S/C11H17N2O3.ClH/c1-13(2,3)8-11(14)9-5-4-6-10(7-9)12(15)16;/h4-7,11,14H,8H2,1-3H3;1H/q+1;/p-1. The number of hydrogen-bond donors (Lipinski definition) is 1. The van der Waals surface area contributed by atoms with Crippen LogP contribution in [0, 0.1) is 10.1 Å². The second-order valence-electron chi connectivity index (χ2n) is 4.84. The van der Waals surface area contributed by atoms with Crippen LogP contribution < -0.4 is 12.4 Å². The van der Waals surface area contributed by atoms with Crippen LogP contribution in [0.2, 0.25) is 0 Å². The maximum atomic E-state index is 10.6. The summed E-state index contributed by atoms with van der Waals surface area (Å²) in [7, 11) is 5.88. The van der Waals surface area contributed by atoms with E-state index in [-0.39, 0.29) is 18.1 Å². The van der Waals surface area contributed by atoms with Crippen LogP contribution in [0.15, 0.2) is 24.3 Å². The quantitative estimate of drug-likeness (QED) is 0.400. The summed E-state index contributed by atoms with van der Waals surface area (Å²) in [6, 6.07) is 6.13. The molecule has 1 N–H and O–H groups in total. The van der Waals surface area contributed by atoms with E-state index in [9.17, 15) is 15.2 Å². The molecule has 1 atom stereocenters. The Hall–Kier alpha value is -1.17. The van der Waals surface area contributed by atoms with E-state index in [1.54, 1.807) is 12.1 Å². The molecule has 0 bridgehead atoms. The van der Waals surface area contributed by atoms with Gasteiger partial charge >= 0.3 is 0 Å². The minimum atomic E-state index is -0.681. The average molecular weight is 261 g/mol. The molecule has 0 aliphatic rings. The summed E-state index contributed by atoms with van der Waals surface area (Å²) in [6.07, 6.45) is -0.681. The van der Waals surface area contributed by atoms with Gasteiger partial charge in [-0.15, -0.1) is 0 Å². The van der Waals surface area contributed by atoms with Crippen LogP contribution in [0.5, 0.6) is 0 Å². The van der Waals surface area contributed by atoms with Crippen LogP contribution >= 0.6 is 0 Å². The predicted octanol–water partition coefficient (Wildman–Crippen LogP) is -1.66. The molecule has 1 aromatic carbocycles. The lowest BCUT2D eigenvalue weighted by atomic mass is 10.1. The fourth-order valence-electron chi connectivity index (χ4n) is 1.47. The van der Waals surface area contributed by atoms with Crippen molar-refractivity contribution in [3.63, 3.8) is 0 Å². The molecule has 0 saturated carbocycles. The highest BCUT2D eigenvalue weighted by Crippen LogP contribution is 2.20. The first-order valence-electron chi connectivity index (χ1n) is 5.02. The first-order chi connectivity index (χ1) is 7.29. The molecule has 0 saturated heterocycles. The zero-order valence-corrected chi connectivity index (χ0v) is 10.9. The number of aliphatic hydroxyl groups is 1. The average Bonchev–Trinajstić information content (AvgIpc) is 2.15. The van der Waals surface area contributed by atoms with Crippen molar-refractivity contribution in [2.24, 2.45) is 0 Å². The second-order valence-corrected chi connectivity index (χ2v) is 4.84. The van der Waals surface area contributed by atoms with Gasteiger partial charge in [0.15, 0.2) is 0 Å². The van der Waals surface area contributed by atoms with E-state index in [2.05, 4.69) is 0 Å². The van der Waals surface area contributed by atoms with Gasteiger partial charge < -0.3 is 22.0 Å². The van der Waals surface area contributed by atoms with Gasteiger partial charge in [0.25, 0.3) is 5.69 Å². The van der Waals surface area contributed by atoms with Gasteiger partial charge in [0.05, 0.1) is 26.1 Å². The number of aliphatic hydroxyl groups excluding tert-OH is 1. The number of nitrogens with zero attached hydrogens (tertiary/aromatic N) is 2. The molecule has 0 aliphatic carbocycles. The number of likely N-dealkylation sites (N-methyl/N-ethyl adjacent to an activating group) is 1. The highest BCUT2D eigenvalue weighted by Gasteiger charge is 2.18. The van der Waals surface area contributed by atoms with Crippen LogP contribution in [0.1, 0.15) is 11.7 Å². The molecule has 96 valence electrons. The number of hydrogen-bond acceptors (Lipinski definition) is 3. The van der Waals surface area contributed by atoms with Crippen molar-refractivity contribution in [2.45, 2.75) is 6.10 Å². The van der Waals surface area contributed by atoms with Crippen molar-refractivity contribution in [1.29, 1.82) is 0 Å². The van der Waals surface area contributed by atoms with Crippen molar-refractivity contribution in [3.05, 3.63) is 39.9 Å². The van der Waals surface area contributed by atoms with E-state index in [1.165, 1.54) is 12.1 Å². The molecule has 0 radical (unpaired) electrons. The predicted molar refractivity (Wildman–Crippen MR) is 61.0 cm³/mol. The fourth-order valence-corrected chi connectivity index (χ4v) is 1.47. The lowest BCUT2D eigenvalue weighted by Gasteiger charge is -2.26. The normalized spacial score (nSPS) is 12.7. The molecule has 0 spiro atoms. The Morgan fingerprint density at radius 1 is 1.41 bits per heavy atom. The SMILES string of the molecule is C[N+](C)(C)CC(O)c1cccc([N+](=O)[O-])c1.[Cl-]. The Kier molecular flexibility index (Phi) is 5.54. The van der Waals surface area contributed by atoms with Crippen molar-refractivity contribution < 1.29 is 26.9 Å². The summed E-state index contributed by atoms with van der Waals surface area (Å²) in [4.78, 5) is 10.1. The van der Waals surface area contributed by atoms with Crippen LogP contribution in [0.4, 0.5) is 5.69 Å². The number of quaternary nitrogens is 1. The van der Waals surface area contributed by atoms with E-state index in [4.69, 9.17) is 0 Å². The highest BCUT2D eigenvalue weighted by molar-refractivity contribution is 5.35. The highest BCUT2D eigenvalue weighted by atomic mass is 35.5. The first kappa shape index (κ1) is 15.8. The maximum absolute atomic E-state index is 10.6. The molecule has 0 aliphatic heterocycles. The van der Waals surface area contributed by atoms with E-state index in [1.807, 2.05) is 21.1 Å². The number of halogens is 1. The van der Waals surface area contributed by atoms with Gasteiger partial charge in [-0.2, -0.15) is 0 Å². The van der Waals surface area contributed by atoms with Gasteiger partial charge in [0, 0.05) is 12.1 Å². The van der Waals surface area contributed by atoms with Crippen molar-refractivity contribution in [2.75, 3.05) is 27.7 Å². The zero-order valence-electron chi connectivity index (χ0n) is 10.1.